The highest BCUT2D eigenvalue weighted by Gasteiger charge is 2.34. The number of carbonyl (C=O) groups excluding carboxylic acids is 1. The van der Waals surface area contributed by atoms with Gasteiger partial charge in [0.15, 0.2) is 5.82 Å². The van der Waals surface area contributed by atoms with Crippen molar-refractivity contribution in [3.8, 4) is 11.4 Å². The Balaban J connectivity index is 1.94. The van der Waals surface area contributed by atoms with E-state index in [1.54, 1.807) is 29.8 Å². The monoisotopic (exact) mass is 399 g/mol. The van der Waals surface area contributed by atoms with Crippen LogP contribution >= 0.6 is 23.2 Å². The summed E-state index contributed by atoms with van der Waals surface area (Å²) in [6.45, 7) is 1.77. The van der Waals surface area contributed by atoms with Gasteiger partial charge in [0.2, 0.25) is 11.9 Å². The smallest absolute Gasteiger partial charge is 0.248 e. The van der Waals surface area contributed by atoms with Crippen LogP contribution in [0.15, 0.2) is 59.8 Å². The summed E-state index contributed by atoms with van der Waals surface area (Å²) in [7, 11) is 0. The first-order valence-corrected chi connectivity index (χ1v) is 8.96. The van der Waals surface area contributed by atoms with E-state index >= 15 is 0 Å². The predicted molar refractivity (Wildman–Crippen MR) is 106 cm³/mol. The van der Waals surface area contributed by atoms with Gasteiger partial charge in [0.1, 0.15) is 6.04 Å². The fraction of sp³-hybridized carbons (Fsp3) is 0.105. The third-order valence-electron chi connectivity index (χ3n) is 4.43. The van der Waals surface area contributed by atoms with Crippen LogP contribution in [0.5, 0.6) is 0 Å². The van der Waals surface area contributed by atoms with Crippen molar-refractivity contribution in [2.24, 2.45) is 5.73 Å². The molecular formula is C19H15Cl2N5O. The van der Waals surface area contributed by atoms with Crippen molar-refractivity contribution in [1.82, 2.24) is 14.8 Å². The first-order chi connectivity index (χ1) is 13.0. The molecule has 0 saturated heterocycles. The van der Waals surface area contributed by atoms with E-state index in [0.29, 0.717) is 38.7 Å². The summed E-state index contributed by atoms with van der Waals surface area (Å²) < 4.78 is 1.62. The molecule has 8 heteroatoms. The number of primary amides is 1. The number of hydrogen-bond acceptors (Lipinski definition) is 4. The number of anilines is 1. The number of nitrogens with zero attached hydrogens (tertiary/aromatic N) is 3. The highest BCUT2D eigenvalue weighted by Crippen LogP contribution is 2.40. The molecule has 1 aliphatic rings. The Labute approximate surface area is 165 Å². The largest absolute Gasteiger partial charge is 0.366 e. The Morgan fingerprint density at radius 2 is 1.89 bits per heavy atom. The second-order valence-corrected chi connectivity index (χ2v) is 6.93. The second-order valence-electron chi connectivity index (χ2n) is 6.14. The third-order valence-corrected chi connectivity index (χ3v) is 5.26. The van der Waals surface area contributed by atoms with Crippen LogP contribution in [0, 0.1) is 0 Å². The molecule has 0 aliphatic carbocycles. The first-order valence-electron chi connectivity index (χ1n) is 8.21. The van der Waals surface area contributed by atoms with Crippen LogP contribution < -0.4 is 11.1 Å². The highest BCUT2D eigenvalue weighted by molar-refractivity contribution is 6.42. The quantitative estimate of drug-likeness (QED) is 0.695. The number of amides is 1. The lowest BCUT2D eigenvalue weighted by atomic mass is 9.95. The van der Waals surface area contributed by atoms with Crippen molar-refractivity contribution in [2.45, 2.75) is 13.0 Å². The predicted octanol–water partition coefficient (Wildman–Crippen LogP) is 4.03. The van der Waals surface area contributed by atoms with Gasteiger partial charge in [-0.25, -0.2) is 4.68 Å². The van der Waals surface area contributed by atoms with Crippen LogP contribution in [0.3, 0.4) is 0 Å². The number of fused-ring (bicyclic) bond motifs is 1. The Morgan fingerprint density at radius 3 is 2.59 bits per heavy atom. The summed E-state index contributed by atoms with van der Waals surface area (Å²) in [6.07, 6.45) is 0. The van der Waals surface area contributed by atoms with Gasteiger partial charge >= 0.3 is 0 Å². The SMILES string of the molecule is CC1=C(C(N)=O)C(c2cccc(Cl)c2Cl)n2nc(-c3ccccc3)nc2N1. The molecule has 1 atom stereocenters. The molecule has 0 bridgehead atoms. The molecule has 1 aliphatic heterocycles. The van der Waals surface area contributed by atoms with Crippen LogP contribution in [0.4, 0.5) is 5.95 Å². The molecule has 1 aromatic heterocycles. The lowest BCUT2D eigenvalue weighted by Crippen LogP contribution is -2.32. The number of halogens is 2. The van der Waals surface area contributed by atoms with Gasteiger partial charge in [-0.3, -0.25) is 4.79 Å². The van der Waals surface area contributed by atoms with Gasteiger partial charge in [-0.2, -0.15) is 4.98 Å². The minimum atomic E-state index is -0.630. The van der Waals surface area contributed by atoms with Gasteiger partial charge in [-0.05, 0) is 13.0 Å². The third kappa shape index (κ3) is 2.97. The van der Waals surface area contributed by atoms with Crippen LogP contribution in [0.25, 0.3) is 11.4 Å². The van der Waals surface area contributed by atoms with Crippen LogP contribution in [-0.4, -0.2) is 20.7 Å². The molecule has 6 nitrogen and oxygen atoms in total. The standard InChI is InChI=1S/C19H15Cl2N5O/c1-10-14(17(22)27)16(12-8-5-9-13(20)15(12)21)26-19(23-10)24-18(25-26)11-6-3-2-4-7-11/h2-9,16H,1H3,(H2,22,27)(H,23,24,25). The fourth-order valence-corrected chi connectivity index (χ4v) is 3.61. The Hall–Kier alpha value is -2.83. The number of nitrogens with two attached hydrogens (primary N) is 1. The highest BCUT2D eigenvalue weighted by atomic mass is 35.5. The summed E-state index contributed by atoms with van der Waals surface area (Å²) in [4.78, 5) is 16.8. The number of carbonyl (C=O) groups is 1. The van der Waals surface area contributed by atoms with Crippen LogP contribution in [-0.2, 0) is 4.79 Å². The first kappa shape index (κ1) is 17.6. The van der Waals surface area contributed by atoms with Gasteiger partial charge in [-0.15, -0.1) is 5.10 Å². The zero-order valence-electron chi connectivity index (χ0n) is 14.3. The van der Waals surface area contributed by atoms with E-state index in [4.69, 9.17) is 28.9 Å². The van der Waals surface area contributed by atoms with E-state index in [1.807, 2.05) is 30.3 Å². The van der Waals surface area contributed by atoms with Crippen molar-refractivity contribution < 1.29 is 4.79 Å². The second kappa shape index (κ2) is 6.72. The average Bonchev–Trinajstić information content (AvgIpc) is 3.07. The zero-order chi connectivity index (χ0) is 19.1. The van der Waals surface area contributed by atoms with E-state index in [9.17, 15) is 4.79 Å². The van der Waals surface area contributed by atoms with Gasteiger partial charge in [0.05, 0.1) is 15.6 Å². The van der Waals surface area contributed by atoms with E-state index in [0.717, 1.165) is 5.56 Å². The van der Waals surface area contributed by atoms with Crippen molar-refractivity contribution in [3.63, 3.8) is 0 Å². The van der Waals surface area contributed by atoms with Gasteiger partial charge in [-0.1, -0.05) is 65.7 Å². The fourth-order valence-electron chi connectivity index (χ4n) is 3.20. The van der Waals surface area contributed by atoms with Crippen LogP contribution in [0.2, 0.25) is 10.0 Å². The summed E-state index contributed by atoms with van der Waals surface area (Å²) >= 11 is 12.6. The Kier molecular flexibility index (Phi) is 4.37. The molecule has 4 rings (SSSR count). The molecule has 0 saturated carbocycles. The topological polar surface area (TPSA) is 85.8 Å². The van der Waals surface area contributed by atoms with E-state index < -0.39 is 11.9 Å². The van der Waals surface area contributed by atoms with Crippen molar-refractivity contribution in [1.29, 1.82) is 0 Å². The van der Waals surface area contributed by atoms with Crippen molar-refractivity contribution >= 4 is 35.1 Å². The molecule has 136 valence electrons. The molecule has 2 heterocycles. The maximum Gasteiger partial charge on any atom is 0.248 e. The van der Waals surface area contributed by atoms with Gasteiger partial charge in [0.25, 0.3) is 0 Å². The molecule has 0 spiro atoms. The maximum absolute atomic E-state index is 12.2. The molecule has 0 radical (unpaired) electrons. The molecule has 27 heavy (non-hydrogen) atoms. The molecule has 3 N–H and O–H groups in total. The summed E-state index contributed by atoms with van der Waals surface area (Å²) in [5.41, 5.74) is 8.12. The summed E-state index contributed by atoms with van der Waals surface area (Å²) in [5, 5.41) is 8.46. The van der Waals surface area contributed by atoms with Crippen molar-refractivity contribution in [2.75, 3.05) is 5.32 Å². The summed E-state index contributed by atoms with van der Waals surface area (Å²) in [5.74, 6) is 0.459. The Bertz CT molecular complexity index is 1070. The van der Waals surface area contributed by atoms with E-state index in [2.05, 4.69) is 15.4 Å². The average molecular weight is 400 g/mol. The van der Waals surface area contributed by atoms with Gasteiger partial charge < -0.3 is 11.1 Å². The van der Waals surface area contributed by atoms with E-state index in [-0.39, 0.29) is 0 Å². The molecule has 1 amide bonds. The molecule has 2 aromatic carbocycles. The normalized spacial score (nSPS) is 16.0. The van der Waals surface area contributed by atoms with Gasteiger partial charge in [0, 0.05) is 16.8 Å². The number of allylic oxidation sites excluding steroid dienone is 1. The minimum absolute atomic E-state index is 0.348. The molecular weight excluding hydrogens is 385 g/mol. The maximum atomic E-state index is 12.2. The van der Waals surface area contributed by atoms with E-state index in [1.165, 1.54) is 0 Å². The van der Waals surface area contributed by atoms with Crippen LogP contribution in [0.1, 0.15) is 18.5 Å². The number of hydrogen-bond donors (Lipinski definition) is 2. The Morgan fingerprint density at radius 1 is 1.15 bits per heavy atom. The minimum Gasteiger partial charge on any atom is -0.366 e. The molecule has 3 aromatic rings. The summed E-state index contributed by atoms with van der Waals surface area (Å²) in [6, 6.07) is 14.2. The number of nitrogens with one attached hydrogen (secondary N) is 1. The zero-order valence-corrected chi connectivity index (χ0v) is 15.8. The molecule has 0 fully saturated rings. The number of rotatable bonds is 3. The molecule has 1 unspecified atom stereocenters. The van der Waals surface area contributed by atoms with Crippen molar-refractivity contribution in [3.05, 3.63) is 75.4 Å². The number of benzene rings is 2. The lowest BCUT2D eigenvalue weighted by Gasteiger charge is -2.28. The lowest BCUT2D eigenvalue weighted by molar-refractivity contribution is -0.115. The number of aromatic nitrogens is 3.